The quantitative estimate of drug-likeness (QED) is 0.317. The minimum absolute atomic E-state index is 0.0177. The SMILES string of the molecule is O=C(Cn1c2c(c(=O)n3nc(C4=CCOCC4)nc13)C1(CCN(C(=O)c3ncccc3O)CC1)OCC2)Nc1ccc(C(F)(F)F)cc1Cl. The Labute approximate surface area is 280 Å². The number of aromatic hydroxyl groups is 1. The second kappa shape index (κ2) is 12.6. The molecule has 6 heterocycles. The van der Waals surface area contributed by atoms with Gasteiger partial charge in [0.25, 0.3) is 11.5 Å². The predicted molar refractivity (Wildman–Crippen MR) is 168 cm³/mol. The van der Waals surface area contributed by atoms with Gasteiger partial charge in [-0.1, -0.05) is 17.7 Å². The zero-order chi connectivity index (χ0) is 34.5. The highest BCUT2D eigenvalue weighted by Crippen LogP contribution is 2.41. The third-order valence-electron chi connectivity index (χ3n) is 9.00. The minimum atomic E-state index is -4.61. The Hall–Kier alpha value is -4.80. The normalized spacial score (nSPS) is 17.6. The summed E-state index contributed by atoms with van der Waals surface area (Å²) in [5.41, 5.74) is -1.09. The number of ether oxygens (including phenoxy) is 2. The molecule has 4 aromatic rings. The van der Waals surface area contributed by atoms with Crippen LogP contribution in [0, 0.1) is 0 Å². The van der Waals surface area contributed by atoms with E-state index in [1.54, 1.807) is 4.57 Å². The second-order valence-corrected chi connectivity index (χ2v) is 12.3. The van der Waals surface area contributed by atoms with Crippen LogP contribution >= 0.6 is 11.6 Å². The van der Waals surface area contributed by atoms with Crippen molar-refractivity contribution in [2.75, 3.05) is 38.2 Å². The minimum Gasteiger partial charge on any atom is -0.505 e. The lowest BCUT2D eigenvalue weighted by molar-refractivity contribution is -0.137. The molecule has 7 rings (SSSR count). The number of halogens is 4. The number of benzene rings is 1. The van der Waals surface area contributed by atoms with E-state index >= 15 is 0 Å². The Morgan fingerprint density at radius 1 is 1.12 bits per heavy atom. The van der Waals surface area contributed by atoms with Gasteiger partial charge < -0.3 is 29.4 Å². The second-order valence-electron chi connectivity index (χ2n) is 11.9. The number of carbonyl (C=O) groups excluding carboxylic acids is 2. The molecule has 0 radical (unpaired) electrons. The van der Waals surface area contributed by atoms with Crippen LogP contribution in [0.4, 0.5) is 18.9 Å². The van der Waals surface area contributed by atoms with E-state index < -0.39 is 34.7 Å². The largest absolute Gasteiger partial charge is 0.505 e. The van der Waals surface area contributed by atoms with Crippen LogP contribution in [0.1, 0.15) is 52.4 Å². The van der Waals surface area contributed by atoms with Crippen LogP contribution in [-0.4, -0.2) is 78.9 Å². The summed E-state index contributed by atoms with van der Waals surface area (Å²) < 4.78 is 54.0. The number of fused-ring (bicyclic) bond motifs is 3. The third-order valence-corrected chi connectivity index (χ3v) is 9.31. The number of pyridine rings is 1. The number of aromatic nitrogens is 5. The van der Waals surface area contributed by atoms with Gasteiger partial charge in [-0.05, 0) is 55.2 Å². The summed E-state index contributed by atoms with van der Waals surface area (Å²) in [5, 5.41) is 17.0. The predicted octanol–water partition coefficient (Wildman–Crippen LogP) is 3.81. The van der Waals surface area contributed by atoms with Gasteiger partial charge in [0, 0.05) is 31.4 Å². The highest BCUT2D eigenvalue weighted by molar-refractivity contribution is 6.33. The molecule has 3 aromatic heterocycles. The average Bonchev–Trinajstić information content (AvgIpc) is 3.54. The van der Waals surface area contributed by atoms with Gasteiger partial charge in [-0.2, -0.15) is 22.7 Å². The van der Waals surface area contributed by atoms with Crippen molar-refractivity contribution < 1.29 is 37.3 Å². The maximum absolute atomic E-state index is 14.3. The molecule has 0 saturated carbocycles. The zero-order valence-electron chi connectivity index (χ0n) is 25.8. The summed E-state index contributed by atoms with van der Waals surface area (Å²) in [6.45, 7) is 1.00. The van der Waals surface area contributed by atoms with E-state index in [-0.39, 0.29) is 79.0 Å². The van der Waals surface area contributed by atoms with E-state index in [1.807, 2.05) is 6.08 Å². The molecule has 1 saturated heterocycles. The molecular weight excluding hydrogens is 671 g/mol. The topological polar surface area (TPSA) is 153 Å². The number of hydrogen-bond acceptors (Lipinski definition) is 9. The van der Waals surface area contributed by atoms with Crippen molar-refractivity contribution in [3.05, 3.63) is 86.3 Å². The molecule has 3 aliphatic heterocycles. The van der Waals surface area contributed by atoms with Crippen molar-refractivity contribution in [1.82, 2.24) is 29.0 Å². The number of amides is 2. The highest BCUT2D eigenvalue weighted by Gasteiger charge is 2.46. The molecule has 0 aliphatic carbocycles. The summed E-state index contributed by atoms with van der Waals surface area (Å²) in [4.78, 5) is 51.2. The monoisotopic (exact) mass is 699 g/mol. The molecule has 256 valence electrons. The Bertz CT molecular complexity index is 2070. The Morgan fingerprint density at radius 2 is 1.92 bits per heavy atom. The van der Waals surface area contributed by atoms with Gasteiger partial charge in [0.1, 0.15) is 17.9 Å². The number of hydrogen-bond donors (Lipinski definition) is 2. The molecule has 13 nitrogen and oxygen atoms in total. The van der Waals surface area contributed by atoms with Crippen LogP contribution in [-0.2, 0) is 39.0 Å². The van der Waals surface area contributed by atoms with E-state index in [2.05, 4.69) is 20.4 Å². The van der Waals surface area contributed by atoms with Gasteiger partial charge in [-0.3, -0.25) is 14.4 Å². The third kappa shape index (κ3) is 6.04. The van der Waals surface area contributed by atoms with Crippen LogP contribution in [0.25, 0.3) is 11.4 Å². The molecule has 1 fully saturated rings. The lowest BCUT2D eigenvalue weighted by Gasteiger charge is -2.44. The van der Waals surface area contributed by atoms with Crippen LogP contribution < -0.4 is 10.9 Å². The molecule has 2 N–H and O–H groups in total. The molecule has 49 heavy (non-hydrogen) atoms. The molecule has 0 unspecified atom stereocenters. The van der Waals surface area contributed by atoms with Gasteiger partial charge in [0.05, 0.1) is 41.7 Å². The fourth-order valence-corrected chi connectivity index (χ4v) is 6.80. The molecule has 0 bridgehead atoms. The zero-order valence-corrected chi connectivity index (χ0v) is 26.6. The Kier molecular flexibility index (Phi) is 8.40. The van der Waals surface area contributed by atoms with E-state index in [0.29, 0.717) is 31.2 Å². The first-order valence-corrected chi connectivity index (χ1v) is 15.9. The van der Waals surface area contributed by atoms with Gasteiger partial charge in [0.15, 0.2) is 11.5 Å². The fraction of sp³-hybridized carbons (Fsp3) is 0.375. The van der Waals surface area contributed by atoms with Gasteiger partial charge in [-0.15, -0.1) is 5.10 Å². The Morgan fingerprint density at radius 3 is 2.61 bits per heavy atom. The van der Waals surface area contributed by atoms with Crippen molar-refractivity contribution in [1.29, 1.82) is 0 Å². The van der Waals surface area contributed by atoms with Crippen molar-refractivity contribution in [3.63, 3.8) is 0 Å². The summed E-state index contributed by atoms with van der Waals surface area (Å²) in [7, 11) is 0. The first kappa shape index (κ1) is 32.7. The number of alkyl halides is 3. The average molecular weight is 700 g/mol. The number of carbonyl (C=O) groups is 2. The van der Waals surface area contributed by atoms with Gasteiger partial charge in [0.2, 0.25) is 11.7 Å². The van der Waals surface area contributed by atoms with E-state index in [0.717, 1.165) is 28.3 Å². The number of nitrogens with one attached hydrogen (secondary N) is 1. The van der Waals surface area contributed by atoms with Gasteiger partial charge >= 0.3 is 6.18 Å². The van der Waals surface area contributed by atoms with E-state index in [1.165, 1.54) is 23.2 Å². The number of anilines is 1. The van der Waals surface area contributed by atoms with Gasteiger partial charge in [-0.25, -0.2) is 4.98 Å². The number of nitrogens with zero attached hydrogens (tertiary/aromatic N) is 6. The van der Waals surface area contributed by atoms with E-state index in [9.17, 15) is 32.7 Å². The maximum atomic E-state index is 14.3. The smallest absolute Gasteiger partial charge is 0.416 e. The van der Waals surface area contributed by atoms with Crippen molar-refractivity contribution >= 4 is 40.5 Å². The van der Waals surface area contributed by atoms with Crippen LogP contribution in [0.2, 0.25) is 5.02 Å². The molecule has 1 aromatic carbocycles. The molecular formula is C32H29ClF3N7O6. The molecule has 3 aliphatic rings. The Balaban J connectivity index is 1.26. The van der Waals surface area contributed by atoms with Crippen LogP contribution in [0.5, 0.6) is 5.75 Å². The van der Waals surface area contributed by atoms with Crippen molar-refractivity contribution in [2.45, 2.75) is 44.0 Å². The number of piperidine rings is 1. The molecule has 0 atom stereocenters. The summed E-state index contributed by atoms with van der Waals surface area (Å²) in [6.07, 6.45) is -0.143. The first-order chi connectivity index (χ1) is 23.4. The first-order valence-electron chi connectivity index (χ1n) is 15.5. The van der Waals surface area contributed by atoms with Crippen molar-refractivity contribution in [2.24, 2.45) is 0 Å². The highest BCUT2D eigenvalue weighted by atomic mass is 35.5. The van der Waals surface area contributed by atoms with Crippen LogP contribution in [0.3, 0.4) is 0 Å². The number of likely N-dealkylation sites (tertiary alicyclic amines) is 1. The van der Waals surface area contributed by atoms with Crippen LogP contribution in [0.15, 0.2) is 47.4 Å². The molecule has 1 spiro atoms. The molecule has 2 amide bonds. The summed E-state index contributed by atoms with van der Waals surface area (Å²) >= 11 is 6.11. The fourth-order valence-electron chi connectivity index (χ4n) is 6.57. The lowest BCUT2D eigenvalue weighted by Crippen LogP contribution is -2.52. The summed E-state index contributed by atoms with van der Waals surface area (Å²) in [5.74, 6) is -0.917. The standard InChI is InChI=1S/C32H29ClF3N7O6/c33-20-16-19(32(34,35)36)3-4-21(20)38-24(45)17-42-22-7-15-49-31(8-11-41(12-9-31)29(47)26-23(44)2-1-10-37-26)25(22)28(46)43-30(42)39-27(40-43)18-5-13-48-14-6-18/h1-5,10,16,44H,6-9,11-15,17H2,(H,38,45). The lowest BCUT2D eigenvalue weighted by atomic mass is 9.81. The summed E-state index contributed by atoms with van der Waals surface area (Å²) in [6, 6.07) is 5.53. The number of rotatable bonds is 5. The molecule has 17 heteroatoms. The van der Waals surface area contributed by atoms with E-state index in [4.69, 9.17) is 21.1 Å². The van der Waals surface area contributed by atoms with Crippen molar-refractivity contribution in [3.8, 4) is 5.75 Å². The maximum Gasteiger partial charge on any atom is 0.416 e.